The molecule has 1 aromatic heterocycles. The fourth-order valence-corrected chi connectivity index (χ4v) is 1.84. The summed E-state index contributed by atoms with van der Waals surface area (Å²) in [4.78, 5) is 11.7. The van der Waals surface area contributed by atoms with E-state index in [2.05, 4.69) is 23.0 Å². The predicted octanol–water partition coefficient (Wildman–Crippen LogP) is 2.47. The number of amides is 1. The smallest absolute Gasteiger partial charge is 0.353 e. The summed E-state index contributed by atoms with van der Waals surface area (Å²) >= 11 is 9.53. The van der Waals surface area contributed by atoms with Gasteiger partial charge in [-0.15, -0.1) is 0 Å². The van der Waals surface area contributed by atoms with Gasteiger partial charge in [-0.1, -0.05) is 11.6 Å². The molecule has 19 heavy (non-hydrogen) atoms. The molecule has 4 nitrogen and oxygen atoms in total. The van der Waals surface area contributed by atoms with Crippen molar-refractivity contribution in [2.75, 3.05) is 12.3 Å². The summed E-state index contributed by atoms with van der Waals surface area (Å²) in [5.74, 6) is -0.00416. The van der Waals surface area contributed by atoms with Crippen LogP contribution >= 0.6 is 24.2 Å². The Labute approximate surface area is 118 Å². The maximum atomic E-state index is 12.6. The third-order valence-corrected chi connectivity index (χ3v) is 3.18. The van der Waals surface area contributed by atoms with E-state index in [1.807, 2.05) is 0 Å². The van der Waals surface area contributed by atoms with Crippen LogP contribution in [0.4, 0.5) is 13.2 Å². The van der Waals surface area contributed by atoms with Gasteiger partial charge in [-0.3, -0.25) is 9.48 Å². The minimum absolute atomic E-state index is 0.0996. The standard InChI is InChI=1S/C10H13ClF3N3OS/c1-5-7(11)8(10(12,13)14)16-17(5)6(2)9(18)15-3-4-19/h6,19H,3-4H2,1-2H3,(H,15,18). The molecule has 0 bridgehead atoms. The lowest BCUT2D eigenvalue weighted by Gasteiger charge is -2.13. The molecular formula is C10H13ClF3N3OS. The van der Waals surface area contributed by atoms with Crippen molar-refractivity contribution in [3.05, 3.63) is 16.4 Å². The summed E-state index contributed by atoms with van der Waals surface area (Å²) in [7, 11) is 0. The van der Waals surface area contributed by atoms with Gasteiger partial charge in [-0.25, -0.2) is 0 Å². The number of thiol groups is 1. The third kappa shape index (κ3) is 3.56. The van der Waals surface area contributed by atoms with Crippen molar-refractivity contribution < 1.29 is 18.0 Å². The number of hydrogen-bond donors (Lipinski definition) is 2. The van der Waals surface area contributed by atoms with Crippen molar-refractivity contribution in [3.63, 3.8) is 0 Å². The zero-order chi connectivity index (χ0) is 14.8. The van der Waals surface area contributed by atoms with Gasteiger partial charge in [0.2, 0.25) is 5.91 Å². The van der Waals surface area contributed by atoms with Crippen LogP contribution in [0, 0.1) is 6.92 Å². The molecule has 0 fully saturated rings. The van der Waals surface area contributed by atoms with E-state index in [0.717, 1.165) is 4.68 Å². The van der Waals surface area contributed by atoms with E-state index in [1.54, 1.807) is 0 Å². The largest absolute Gasteiger partial charge is 0.436 e. The first kappa shape index (κ1) is 16.2. The third-order valence-electron chi connectivity index (χ3n) is 2.50. The lowest BCUT2D eigenvalue weighted by molar-refractivity contribution is -0.141. The zero-order valence-corrected chi connectivity index (χ0v) is 11.9. The van der Waals surface area contributed by atoms with Crippen LogP contribution in [0.15, 0.2) is 0 Å². The van der Waals surface area contributed by atoms with E-state index in [4.69, 9.17) is 11.6 Å². The first-order valence-electron chi connectivity index (χ1n) is 5.40. The molecule has 1 unspecified atom stereocenters. The Morgan fingerprint density at radius 1 is 1.58 bits per heavy atom. The second kappa shape index (κ2) is 6.04. The number of carbonyl (C=O) groups is 1. The van der Waals surface area contributed by atoms with E-state index < -0.39 is 28.8 Å². The first-order valence-corrected chi connectivity index (χ1v) is 6.41. The van der Waals surface area contributed by atoms with E-state index in [9.17, 15) is 18.0 Å². The number of nitrogens with zero attached hydrogens (tertiary/aromatic N) is 2. The van der Waals surface area contributed by atoms with Gasteiger partial charge >= 0.3 is 6.18 Å². The molecule has 1 heterocycles. The van der Waals surface area contributed by atoms with E-state index in [0.29, 0.717) is 12.3 Å². The number of alkyl halides is 3. The van der Waals surface area contributed by atoms with Gasteiger partial charge in [0, 0.05) is 12.3 Å². The van der Waals surface area contributed by atoms with Crippen LogP contribution in [-0.4, -0.2) is 28.0 Å². The van der Waals surface area contributed by atoms with Crippen molar-refractivity contribution in [2.45, 2.75) is 26.1 Å². The molecule has 0 aliphatic carbocycles. The fourth-order valence-electron chi connectivity index (χ4n) is 1.49. The highest BCUT2D eigenvalue weighted by molar-refractivity contribution is 7.80. The van der Waals surface area contributed by atoms with Gasteiger partial charge in [0.15, 0.2) is 5.69 Å². The Kier molecular flexibility index (Phi) is 5.14. The Bertz CT molecular complexity index is 475. The number of carbonyl (C=O) groups excluding carboxylic acids is 1. The molecule has 1 aromatic rings. The number of rotatable bonds is 4. The second-order valence-electron chi connectivity index (χ2n) is 3.88. The zero-order valence-electron chi connectivity index (χ0n) is 10.3. The van der Waals surface area contributed by atoms with Crippen molar-refractivity contribution in [1.82, 2.24) is 15.1 Å². The quantitative estimate of drug-likeness (QED) is 0.839. The van der Waals surface area contributed by atoms with Gasteiger partial charge in [0.25, 0.3) is 0 Å². The molecule has 0 saturated heterocycles. The molecular weight excluding hydrogens is 303 g/mol. The summed E-state index contributed by atoms with van der Waals surface area (Å²) in [6.07, 6.45) is -4.64. The topological polar surface area (TPSA) is 46.9 Å². The molecule has 0 radical (unpaired) electrons. The summed E-state index contributed by atoms with van der Waals surface area (Å²) in [6, 6.07) is -0.881. The van der Waals surface area contributed by atoms with Gasteiger partial charge in [0.05, 0.1) is 10.7 Å². The lowest BCUT2D eigenvalue weighted by Crippen LogP contribution is -2.33. The maximum absolute atomic E-state index is 12.6. The molecule has 0 spiro atoms. The number of aromatic nitrogens is 2. The Morgan fingerprint density at radius 3 is 2.58 bits per heavy atom. The van der Waals surface area contributed by atoms with Gasteiger partial charge in [0.1, 0.15) is 6.04 Å². The highest BCUT2D eigenvalue weighted by Crippen LogP contribution is 2.36. The fraction of sp³-hybridized carbons (Fsp3) is 0.600. The molecule has 1 atom stereocenters. The summed E-state index contributed by atoms with van der Waals surface area (Å²) < 4.78 is 38.9. The number of nitrogens with one attached hydrogen (secondary N) is 1. The predicted molar refractivity (Wildman–Crippen MR) is 68.5 cm³/mol. The lowest BCUT2D eigenvalue weighted by atomic mass is 10.3. The SMILES string of the molecule is Cc1c(Cl)c(C(F)(F)F)nn1C(C)C(=O)NCCS. The summed E-state index contributed by atoms with van der Waals surface area (Å²) in [5.41, 5.74) is -1.08. The van der Waals surface area contributed by atoms with E-state index in [1.165, 1.54) is 13.8 Å². The summed E-state index contributed by atoms with van der Waals surface area (Å²) in [6.45, 7) is 3.16. The van der Waals surface area contributed by atoms with Crippen molar-refractivity contribution in [2.24, 2.45) is 0 Å². The molecule has 0 aliphatic rings. The Hall–Kier alpha value is -0.890. The number of halogens is 4. The highest BCUT2D eigenvalue weighted by Gasteiger charge is 2.39. The van der Waals surface area contributed by atoms with E-state index in [-0.39, 0.29) is 5.69 Å². The van der Waals surface area contributed by atoms with Crippen LogP contribution in [0.3, 0.4) is 0 Å². The van der Waals surface area contributed by atoms with Crippen molar-refractivity contribution in [1.29, 1.82) is 0 Å². The molecule has 0 aliphatic heterocycles. The van der Waals surface area contributed by atoms with Crippen LogP contribution in [0.1, 0.15) is 24.4 Å². The summed E-state index contributed by atoms with van der Waals surface area (Å²) in [5, 5.41) is 5.43. The van der Waals surface area contributed by atoms with Gasteiger partial charge in [-0.05, 0) is 13.8 Å². The number of hydrogen-bond acceptors (Lipinski definition) is 3. The Balaban J connectivity index is 3.05. The van der Waals surface area contributed by atoms with Gasteiger partial charge in [-0.2, -0.15) is 30.9 Å². The first-order chi connectivity index (χ1) is 8.70. The van der Waals surface area contributed by atoms with Gasteiger partial charge < -0.3 is 5.32 Å². The van der Waals surface area contributed by atoms with Crippen LogP contribution in [0.2, 0.25) is 5.02 Å². The maximum Gasteiger partial charge on any atom is 0.436 e. The minimum Gasteiger partial charge on any atom is -0.353 e. The molecule has 1 N–H and O–H groups in total. The highest BCUT2D eigenvalue weighted by atomic mass is 35.5. The van der Waals surface area contributed by atoms with Crippen molar-refractivity contribution >= 4 is 30.1 Å². The van der Waals surface area contributed by atoms with Crippen LogP contribution in [-0.2, 0) is 11.0 Å². The average molecular weight is 316 g/mol. The minimum atomic E-state index is -4.64. The molecule has 0 saturated carbocycles. The van der Waals surface area contributed by atoms with Crippen molar-refractivity contribution in [3.8, 4) is 0 Å². The molecule has 1 rings (SSSR count). The molecule has 108 valence electrons. The van der Waals surface area contributed by atoms with Crippen LogP contribution in [0.25, 0.3) is 0 Å². The molecule has 0 aromatic carbocycles. The molecule has 9 heteroatoms. The Morgan fingerprint density at radius 2 is 2.16 bits per heavy atom. The monoisotopic (exact) mass is 315 g/mol. The van der Waals surface area contributed by atoms with E-state index >= 15 is 0 Å². The molecule has 1 amide bonds. The normalized spacial score (nSPS) is 13.4. The second-order valence-corrected chi connectivity index (χ2v) is 4.71. The average Bonchev–Trinajstić information content (AvgIpc) is 2.62. The van der Waals surface area contributed by atoms with Crippen LogP contribution in [0.5, 0.6) is 0 Å². The van der Waals surface area contributed by atoms with Crippen LogP contribution < -0.4 is 5.32 Å².